The lowest BCUT2D eigenvalue weighted by Crippen LogP contribution is -2.16. The van der Waals surface area contributed by atoms with Crippen LogP contribution in [0.3, 0.4) is 0 Å². The summed E-state index contributed by atoms with van der Waals surface area (Å²) in [5.41, 5.74) is 3.58. The van der Waals surface area contributed by atoms with Crippen molar-refractivity contribution in [3.05, 3.63) is 71.5 Å². The molecule has 0 saturated heterocycles. The lowest BCUT2D eigenvalue weighted by Gasteiger charge is -2.05. The van der Waals surface area contributed by atoms with Crippen LogP contribution in [0.15, 0.2) is 59.1 Å². The average molecular weight is 307 g/mol. The van der Waals surface area contributed by atoms with Crippen molar-refractivity contribution in [3.63, 3.8) is 0 Å². The van der Waals surface area contributed by atoms with Gasteiger partial charge in [0.15, 0.2) is 5.82 Å². The number of aromatic nitrogens is 2. The zero-order chi connectivity index (χ0) is 15.9. The third-order valence-electron chi connectivity index (χ3n) is 3.75. The minimum atomic E-state index is 0.593. The predicted octanol–water partition coefficient (Wildman–Crippen LogP) is 3.63. The van der Waals surface area contributed by atoms with E-state index in [1.165, 1.54) is 11.1 Å². The Morgan fingerprint density at radius 2 is 1.74 bits per heavy atom. The molecule has 0 aliphatic carbocycles. The Kier molecular flexibility index (Phi) is 5.17. The second-order valence-electron chi connectivity index (χ2n) is 5.48. The van der Waals surface area contributed by atoms with Crippen molar-refractivity contribution in [1.82, 2.24) is 15.5 Å². The molecule has 0 spiro atoms. The first kappa shape index (κ1) is 15.4. The molecular weight excluding hydrogens is 286 g/mol. The van der Waals surface area contributed by atoms with Crippen LogP contribution in [0.4, 0.5) is 0 Å². The van der Waals surface area contributed by atoms with E-state index in [9.17, 15) is 0 Å². The molecule has 1 aromatic heterocycles. The molecule has 0 saturated carbocycles. The van der Waals surface area contributed by atoms with Crippen molar-refractivity contribution in [2.24, 2.45) is 0 Å². The van der Waals surface area contributed by atoms with Gasteiger partial charge < -0.3 is 9.84 Å². The van der Waals surface area contributed by atoms with Crippen LogP contribution in [0.25, 0.3) is 11.5 Å². The summed E-state index contributed by atoms with van der Waals surface area (Å²) in [7, 11) is 0. The normalized spacial score (nSPS) is 10.8. The summed E-state index contributed by atoms with van der Waals surface area (Å²) in [5, 5.41) is 7.39. The van der Waals surface area contributed by atoms with E-state index in [0.29, 0.717) is 5.89 Å². The molecule has 1 heterocycles. The molecule has 23 heavy (non-hydrogen) atoms. The van der Waals surface area contributed by atoms with E-state index >= 15 is 0 Å². The standard InChI is InChI=1S/C19H21N3O/c1-2-18-21-19(23-22-18)17-10-8-15(9-11-17)12-13-20-14-16-6-4-3-5-7-16/h3-11,20H,2,12-14H2,1H3. The zero-order valence-corrected chi connectivity index (χ0v) is 13.3. The monoisotopic (exact) mass is 307 g/mol. The zero-order valence-electron chi connectivity index (χ0n) is 13.3. The van der Waals surface area contributed by atoms with Gasteiger partial charge >= 0.3 is 0 Å². The molecule has 0 fully saturated rings. The SMILES string of the molecule is CCc1noc(-c2ccc(CCNCc3ccccc3)cc2)n1. The summed E-state index contributed by atoms with van der Waals surface area (Å²) in [6.07, 6.45) is 1.78. The molecule has 0 unspecified atom stereocenters. The highest BCUT2D eigenvalue weighted by Crippen LogP contribution is 2.18. The van der Waals surface area contributed by atoms with Crippen molar-refractivity contribution in [3.8, 4) is 11.5 Å². The smallest absolute Gasteiger partial charge is 0.257 e. The van der Waals surface area contributed by atoms with Gasteiger partial charge in [0.05, 0.1) is 0 Å². The van der Waals surface area contributed by atoms with Gasteiger partial charge in [-0.3, -0.25) is 0 Å². The minimum absolute atomic E-state index is 0.593. The molecule has 0 amide bonds. The highest BCUT2D eigenvalue weighted by Gasteiger charge is 2.07. The Morgan fingerprint density at radius 3 is 2.43 bits per heavy atom. The number of nitrogens with zero attached hydrogens (tertiary/aromatic N) is 2. The Morgan fingerprint density at radius 1 is 0.957 bits per heavy atom. The van der Waals surface area contributed by atoms with E-state index in [1.54, 1.807) is 0 Å². The molecule has 4 heteroatoms. The summed E-state index contributed by atoms with van der Waals surface area (Å²) >= 11 is 0. The van der Waals surface area contributed by atoms with Crippen LogP contribution in [0.5, 0.6) is 0 Å². The summed E-state index contributed by atoms with van der Waals surface area (Å²) in [5.74, 6) is 1.34. The summed E-state index contributed by atoms with van der Waals surface area (Å²) in [6.45, 7) is 3.87. The van der Waals surface area contributed by atoms with E-state index in [0.717, 1.165) is 37.3 Å². The first-order valence-corrected chi connectivity index (χ1v) is 8.01. The molecule has 0 aliphatic heterocycles. The van der Waals surface area contributed by atoms with Crippen molar-refractivity contribution in [2.45, 2.75) is 26.3 Å². The number of benzene rings is 2. The van der Waals surface area contributed by atoms with Crippen molar-refractivity contribution in [1.29, 1.82) is 0 Å². The molecule has 0 bridgehead atoms. The molecule has 1 N–H and O–H groups in total. The van der Waals surface area contributed by atoms with Crippen LogP contribution in [-0.4, -0.2) is 16.7 Å². The number of hydrogen-bond acceptors (Lipinski definition) is 4. The third kappa shape index (κ3) is 4.27. The topological polar surface area (TPSA) is 51.0 Å². The van der Waals surface area contributed by atoms with Crippen molar-refractivity contribution >= 4 is 0 Å². The lowest BCUT2D eigenvalue weighted by molar-refractivity contribution is 0.423. The van der Waals surface area contributed by atoms with E-state index in [2.05, 4.69) is 51.9 Å². The van der Waals surface area contributed by atoms with Gasteiger partial charge in [0.2, 0.25) is 0 Å². The molecule has 0 aliphatic rings. The highest BCUT2D eigenvalue weighted by atomic mass is 16.5. The maximum atomic E-state index is 5.26. The minimum Gasteiger partial charge on any atom is -0.334 e. The van der Waals surface area contributed by atoms with Gasteiger partial charge in [0.25, 0.3) is 5.89 Å². The summed E-state index contributed by atoms with van der Waals surface area (Å²) < 4.78 is 5.26. The maximum Gasteiger partial charge on any atom is 0.257 e. The average Bonchev–Trinajstić information content (AvgIpc) is 3.09. The third-order valence-corrected chi connectivity index (χ3v) is 3.75. The molecule has 0 atom stereocenters. The number of hydrogen-bond donors (Lipinski definition) is 1. The molecule has 2 aromatic carbocycles. The second kappa shape index (κ2) is 7.70. The van der Waals surface area contributed by atoms with Crippen molar-refractivity contribution < 1.29 is 4.52 Å². The Balaban J connectivity index is 1.49. The van der Waals surface area contributed by atoms with Gasteiger partial charge in [-0.15, -0.1) is 0 Å². The first-order chi connectivity index (χ1) is 11.3. The van der Waals surface area contributed by atoms with E-state index in [4.69, 9.17) is 4.52 Å². The molecular formula is C19H21N3O. The van der Waals surface area contributed by atoms with E-state index < -0.39 is 0 Å². The molecule has 3 rings (SSSR count). The number of rotatable bonds is 7. The van der Waals surface area contributed by atoms with Crippen LogP contribution < -0.4 is 5.32 Å². The Bertz CT molecular complexity index is 720. The largest absolute Gasteiger partial charge is 0.334 e. The highest BCUT2D eigenvalue weighted by molar-refractivity contribution is 5.53. The van der Waals surface area contributed by atoms with Crippen molar-refractivity contribution in [2.75, 3.05) is 6.54 Å². The van der Waals surface area contributed by atoms with Gasteiger partial charge in [-0.05, 0) is 36.2 Å². The molecule has 118 valence electrons. The summed E-state index contributed by atoms with van der Waals surface area (Å²) in [4.78, 5) is 4.35. The number of aryl methyl sites for hydroxylation is 1. The first-order valence-electron chi connectivity index (χ1n) is 8.01. The van der Waals surface area contributed by atoms with Crippen LogP contribution in [0.1, 0.15) is 23.9 Å². The second-order valence-corrected chi connectivity index (χ2v) is 5.48. The van der Waals surface area contributed by atoms with Crippen LogP contribution in [0.2, 0.25) is 0 Å². The lowest BCUT2D eigenvalue weighted by atomic mass is 10.1. The fourth-order valence-corrected chi connectivity index (χ4v) is 2.39. The van der Waals surface area contributed by atoms with Gasteiger partial charge in [-0.2, -0.15) is 4.98 Å². The molecule has 3 aromatic rings. The fourth-order valence-electron chi connectivity index (χ4n) is 2.39. The van der Waals surface area contributed by atoms with Crippen LogP contribution in [0, 0.1) is 0 Å². The fraction of sp³-hybridized carbons (Fsp3) is 0.263. The van der Waals surface area contributed by atoms with Gasteiger partial charge in [-0.1, -0.05) is 54.5 Å². The van der Waals surface area contributed by atoms with Crippen LogP contribution in [-0.2, 0) is 19.4 Å². The Hall–Kier alpha value is -2.46. The van der Waals surface area contributed by atoms with Gasteiger partial charge in [0.1, 0.15) is 0 Å². The van der Waals surface area contributed by atoms with E-state index in [-0.39, 0.29) is 0 Å². The van der Waals surface area contributed by atoms with Gasteiger partial charge in [0, 0.05) is 18.5 Å². The number of nitrogens with one attached hydrogen (secondary N) is 1. The molecule has 0 radical (unpaired) electrons. The predicted molar refractivity (Wildman–Crippen MR) is 91.0 cm³/mol. The molecule has 4 nitrogen and oxygen atoms in total. The quantitative estimate of drug-likeness (QED) is 0.677. The summed E-state index contributed by atoms with van der Waals surface area (Å²) in [6, 6.07) is 18.8. The van der Waals surface area contributed by atoms with E-state index in [1.807, 2.05) is 25.1 Å². The maximum absolute atomic E-state index is 5.26. The Labute approximate surface area is 136 Å². The van der Waals surface area contributed by atoms with Gasteiger partial charge in [-0.25, -0.2) is 0 Å². The van der Waals surface area contributed by atoms with Crippen LogP contribution >= 0.6 is 0 Å².